The minimum atomic E-state index is -1.94. The van der Waals surface area contributed by atoms with Crippen LogP contribution in [0.1, 0.15) is 116 Å². The van der Waals surface area contributed by atoms with Crippen molar-refractivity contribution in [1.29, 1.82) is 0 Å². The standard InChI is InChI=1S/C44H83N3O13/c1-17-32-44(13,53)37(49)27(7)34(45-60-26(6)23-47(18-2)19-3)24(4)21-42(11,52)39(59-41-35(48)31(46(14)15)20-25(5)55-41)28(8)36(29(9)40(51)57-32)58-33-22-43(12,54-16)38(50)30(10)56-33/h24-33,35-39,41,48-50,52-53H,17-23H2,1-16H3/b45-34+/t24-,25-,26?,27+,28+,29-,30+,31+,32?,33+,35-,36?,37-,38+,39-,41+,42-,43-,44-/m1/s1. The highest BCUT2D eigenvalue weighted by molar-refractivity contribution is 5.88. The maximum absolute atomic E-state index is 14.4. The Morgan fingerprint density at radius 1 is 0.900 bits per heavy atom. The molecule has 0 radical (unpaired) electrons. The number of likely N-dealkylation sites (N-methyl/N-ethyl adjacent to an activating group) is 2. The predicted octanol–water partition coefficient (Wildman–Crippen LogP) is 3.32. The Morgan fingerprint density at radius 2 is 1.52 bits per heavy atom. The van der Waals surface area contributed by atoms with Gasteiger partial charge in [0.25, 0.3) is 0 Å². The molecule has 3 unspecified atom stereocenters. The molecular formula is C44H83N3O13. The lowest BCUT2D eigenvalue weighted by Crippen LogP contribution is -2.61. The zero-order valence-corrected chi connectivity index (χ0v) is 39.5. The number of carbonyl (C=O) groups is 1. The van der Waals surface area contributed by atoms with Gasteiger partial charge in [-0.15, -0.1) is 0 Å². The second-order valence-electron chi connectivity index (χ2n) is 19.0. The number of aliphatic hydroxyl groups is 5. The van der Waals surface area contributed by atoms with Crippen LogP contribution in [0, 0.1) is 23.7 Å². The fraction of sp³-hybridized carbons (Fsp3) is 0.955. The second-order valence-corrected chi connectivity index (χ2v) is 19.0. The molecule has 0 spiro atoms. The zero-order valence-electron chi connectivity index (χ0n) is 39.5. The molecule has 5 N–H and O–H groups in total. The van der Waals surface area contributed by atoms with Crippen LogP contribution in [-0.2, 0) is 38.1 Å². The van der Waals surface area contributed by atoms with Gasteiger partial charge >= 0.3 is 5.97 Å². The van der Waals surface area contributed by atoms with Gasteiger partial charge in [-0.3, -0.25) is 4.79 Å². The molecule has 3 heterocycles. The van der Waals surface area contributed by atoms with E-state index in [1.807, 2.05) is 39.8 Å². The van der Waals surface area contributed by atoms with Gasteiger partial charge in [-0.05, 0) is 94.9 Å². The van der Waals surface area contributed by atoms with E-state index < -0.39 is 102 Å². The maximum atomic E-state index is 14.4. The summed E-state index contributed by atoms with van der Waals surface area (Å²) < 4.78 is 37.9. The van der Waals surface area contributed by atoms with Crippen molar-refractivity contribution in [2.45, 2.75) is 206 Å². The average molecular weight is 862 g/mol. The van der Waals surface area contributed by atoms with Crippen LogP contribution in [0.4, 0.5) is 0 Å². The summed E-state index contributed by atoms with van der Waals surface area (Å²) in [6.45, 7) is 25.5. The third-order valence-electron chi connectivity index (χ3n) is 13.6. The molecule has 0 aromatic rings. The quantitative estimate of drug-likeness (QED) is 0.133. The number of carbonyl (C=O) groups excluding carboxylic acids is 1. The molecule has 3 fully saturated rings. The van der Waals surface area contributed by atoms with E-state index >= 15 is 0 Å². The maximum Gasteiger partial charge on any atom is 0.311 e. The lowest BCUT2D eigenvalue weighted by molar-refractivity contribution is -0.317. The molecule has 0 aliphatic carbocycles. The van der Waals surface area contributed by atoms with Crippen molar-refractivity contribution < 1.29 is 63.6 Å². The summed E-state index contributed by atoms with van der Waals surface area (Å²) in [5.74, 6) is -3.99. The van der Waals surface area contributed by atoms with E-state index in [1.165, 1.54) is 14.0 Å². The van der Waals surface area contributed by atoms with E-state index in [-0.39, 0.29) is 37.5 Å². The molecule has 19 atom stereocenters. The lowest BCUT2D eigenvalue weighted by Gasteiger charge is -2.49. The number of oxime groups is 1. The molecule has 0 saturated carbocycles. The smallest absolute Gasteiger partial charge is 0.311 e. The molecule has 352 valence electrons. The van der Waals surface area contributed by atoms with Crippen molar-refractivity contribution in [3.05, 3.63) is 0 Å². The van der Waals surface area contributed by atoms with Crippen molar-refractivity contribution in [1.82, 2.24) is 9.80 Å². The number of cyclic esters (lactones) is 1. The molecule has 60 heavy (non-hydrogen) atoms. The first-order valence-corrected chi connectivity index (χ1v) is 22.3. The predicted molar refractivity (Wildman–Crippen MR) is 227 cm³/mol. The minimum absolute atomic E-state index is 0.0109. The van der Waals surface area contributed by atoms with Gasteiger partial charge in [0.05, 0.1) is 53.4 Å². The van der Waals surface area contributed by atoms with Gasteiger partial charge in [-0.25, -0.2) is 0 Å². The Kier molecular flexibility index (Phi) is 19.3. The van der Waals surface area contributed by atoms with Gasteiger partial charge < -0.3 is 68.6 Å². The lowest BCUT2D eigenvalue weighted by atomic mass is 9.73. The molecule has 3 aliphatic rings. The van der Waals surface area contributed by atoms with Crippen LogP contribution in [-0.4, -0.2) is 178 Å². The van der Waals surface area contributed by atoms with Crippen molar-refractivity contribution in [2.75, 3.05) is 40.8 Å². The first-order valence-electron chi connectivity index (χ1n) is 22.3. The fourth-order valence-electron chi connectivity index (χ4n) is 9.62. The highest BCUT2D eigenvalue weighted by atomic mass is 16.7. The normalized spacial score (nSPS) is 45.4. The number of esters is 1. The van der Waals surface area contributed by atoms with Crippen LogP contribution in [0.15, 0.2) is 5.16 Å². The Morgan fingerprint density at radius 3 is 2.07 bits per heavy atom. The summed E-state index contributed by atoms with van der Waals surface area (Å²) in [5, 5.41) is 64.3. The molecule has 0 bridgehead atoms. The van der Waals surface area contributed by atoms with Gasteiger partial charge in [0, 0.05) is 43.9 Å². The van der Waals surface area contributed by atoms with Crippen LogP contribution < -0.4 is 0 Å². The Labute approximate surface area is 360 Å². The molecule has 3 saturated heterocycles. The first-order chi connectivity index (χ1) is 27.8. The van der Waals surface area contributed by atoms with Crippen LogP contribution >= 0.6 is 0 Å². The number of aliphatic hydroxyl groups excluding tert-OH is 3. The third-order valence-corrected chi connectivity index (χ3v) is 13.6. The number of nitrogens with zero attached hydrogens (tertiary/aromatic N) is 3. The Hall–Kier alpha value is -1.54. The van der Waals surface area contributed by atoms with Crippen molar-refractivity contribution >= 4 is 11.7 Å². The average Bonchev–Trinajstić information content (AvgIpc) is 3.18. The summed E-state index contributed by atoms with van der Waals surface area (Å²) in [6.07, 6.45) is -9.57. The van der Waals surface area contributed by atoms with Gasteiger partial charge in [-0.1, -0.05) is 46.7 Å². The number of hydrogen-bond acceptors (Lipinski definition) is 16. The summed E-state index contributed by atoms with van der Waals surface area (Å²) in [4.78, 5) is 24.6. The van der Waals surface area contributed by atoms with E-state index in [0.29, 0.717) is 18.7 Å². The molecule has 16 heteroatoms. The van der Waals surface area contributed by atoms with E-state index in [2.05, 4.69) is 23.9 Å². The summed E-state index contributed by atoms with van der Waals surface area (Å²) in [7, 11) is 5.25. The minimum Gasteiger partial charge on any atom is -0.459 e. The van der Waals surface area contributed by atoms with Gasteiger partial charge in [0.2, 0.25) is 0 Å². The van der Waals surface area contributed by atoms with Crippen molar-refractivity contribution in [3.8, 4) is 0 Å². The highest BCUT2D eigenvalue weighted by Gasteiger charge is 2.53. The molecular weight excluding hydrogens is 778 g/mol. The van der Waals surface area contributed by atoms with Crippen LogP contribution in [0.5, 0.6) is 0 Å². The molecule has 16 nitrogen and oxygen atoms in total. The van der Waals surface area contributed by atoms with E-state index in [9.17, 15) is 30.3 Å². The number of methoxy groups -OCH3 is 1. The molecule has 3 rings (SSSR count). The van der Waals surface area contributed by atoms with E-state index in [1.54, 1.807) is 48.5 Å². The highest BCUT2D eigenvalue weighted by Crippen LogP contribution is 2.41. The summed E-state index contributed by atoms with van der Waals surface area (Å²) >= 11 is 0. The zero-order chi connectivity index (χ0) is 45.7. The van der Waals surface area contributed by atoms with Gasteiger partial charge in [0.15, 0.2) is 12.6 Å². The van der Waals surface area contributed by atoms with Crippen LogP contribution in [0.25, 0.3) is 0 Å². The SMILES string of the molecule is CCC1OC(=O)[C@H](C)C(O[C@H]2C[C@@](C)(OC)[C@@H](O)[C@H](C)O2)[C@H](C)[C@@H](O[C@@H]2O[C@H](C)C[C@H](N(C)C)[C@H]2O)[C@](C)(O)C[C@@H](C)/C(=N\OC(C)CN(CC)CC)[C@H](C)[C@@H](O)[C@]1(C)O. The topological polar surface area (TPSA) is 202 Å². The number of hydrogen-bond donors (Lipinski definition) is 5. The van der Waals surface area contributed by atoms with Gasteiger partial charge in [0.1, 0.15) is 30.0 Å². The van der Waals surface area contributed by atoms with Crippen molar-refractivity contribution in [2.24, 2.45) is 28.8 Å². The Bertz CT molecular complexity index is 1370. The van der Waals surface area contributed by atoms with Crippen molar-refractivity contribution in [3.63, 3.8) is 0 Å². The van der Waals surface area contributed by atoms with E-state index in [0.717, 1.165) is 13.1 Å². The van der Waals surface area contributed by atoms with Gasteiger partial charge in [-0.2, -0.15) is 0 Å². The second kappa shape index (κ2) is 21.9. The monoisotopic (exact) mass is 862 g/mol. The number of ether oxygens (including phenoxy) is 6. The largest absolute Gasteiger partial charge is 0.459 e. The summed E-state index contributed by atoms with van der Waals surface area (Å²) in [6, 6.07) is -0.317. The van der Waals surface area contributed by atoms with Crippen LogP contribution in [0.2, 0.25) is 0 Å². The summed E-state index contributed by atoms with van der Waals surface area (Å²) in [5.41, 5.74) is -4.35. The first kappa shape index (κ1) is 52.8. The Balaban J connectivity index is 2.25. The van der Waals surface area contributed by atoms with E-state index in [4.69, 9.17) is 33.3 Å². The fourth-order valence-corrected chi connectivity index (χ4v) is 9.62. The number of rotatable bonds is 13. The molecule has 0 aromatic heterocycles. The molecule has 3 aliphatic heterocycles. The molecule has 0 amide bonds. The molecule has 0 aromatic carbocycles. The third kappa shape index (κ3) is 12.4. The van der Waals surface area contributed by atoms with Crippen LogP contribution in [0.3, 0.4) is 0 Å².